The first kappa shape index (κ1) is 17.5. The Bertz CT molecular complexity index is 414. The van der Waals surface area contributed by atoms with Gasteiger partial charge in [-0.3, -0.25) is 0 Å². The molecule has 0 saturated carbocycles. The highest BCUT2D eigenvalue weighted by Crippen LogP contribution is 2.06. The van der Waals surface area contributed by atoms with E-state index in [2.05, 4.69) is 9.71 Å². The van der Waals surface area contributed by atoms with Crippen molar-refractivity contribution in [1.29, 1.82) is 0 Å². The van der Waals surface area contributed by atoms with Gasteiger partial charge in [0.25, 0.3) is 10.0 Å². The molecule has 1 aromatic rings. The Labute approximate surface area is 99.2 Å². The predicted molar refractivity (Wildman–Crippen MR) is 67.9 cm³/mol. The van der Waals surface area contributed by atoms with Crippen LogP contribution in [-0.4, -0.2) is 19.4 Å². The second kappa shape index (κ2) is 6.60. The summed E-state index contributed by atoms with van der Waals surface area (Å²) in [6.45, 7) is 5.30. The van der Waals surface area contributed by atoms with E-state index in [1.807, 2.05) is 0 Å². The summed E-state index contributed by atoms with van der Waals surface area (Å²) in [4.78, 5) is 3.95. The average Bonchev–Trinajstić information content (AvgIpc) is 2.01. The van der Waals surface area contributed by atoms with Crippen molar-refractivity contribution in [3.05, 3.63) is 23.9 Å². The molecule has 0 aliphatic rings. The maximum absolute atomic E-state index is 11.6. The molecule has 1 heterocycles. The third kappa shape index (κ3) is 4.72. The molecule has 0 aromatic carbocycles. The van der Waals surface area contributed by atoms with Crippen LogP contribution in [0.1, 0.15) is 34.4 Å². The molecule has 0 saturated heterocycles. The molecule has 0 aliphatic carbocycles. The van der Waals surface area contributed by atoms with Crippen molar-refractivity contribution in [3.63, 3.8) is 0 Å². The van der Waals surface area contributed by atoms with Gasteiger partial charge in [0, 0.05) is 11.7 Å². The van der Waals surface area contributed by atoms with Crippen molar-refractivity contribution in [2.24, 2.45) is 0 Å². The first-order valence-electron chi connectivity index (χ1n) is 4.38. The summed E-state index contributed by atoms with van der Waals surface area (Å²) in [5.74, 6) is 0. The molecular weight excluding hydrogens is 224 g/mol. The van der Waals surface area contributed by atoms with Gasteiger partial charge in [-0.25, -0.2) is 18.1 Å². The van der Waals surface area contributed by atoms with E-state index in [1.165, 1.54) is 6.07 Å². The molecule has 1 rings (SSSR count). The third-order valence-corrected chi connectivity index (χ3v) is 3.09. The van der Waals surface area contributed by atoms with Gasteiger partial charge in [-0.1, -0.05) is 20.9 Å². The van der Waals surface area contributed by atoms with Gasteiger partial charge in [0.15, 0.2) is 5.03 Å². The van der Waals surface area contributed by atoms with Crippen molar-refractivity contribution in [2.45, 2.75) is 46.7 Å². The van der Waals surface area contributed by atoms with Crippen LogP contribution < -0.4 is 4.72 Å². The number of aryl methyl sites for hydroxylation is 1. The Balaban J connectivity index is 0. The molecule has 0 spiro atoms. The van der Waals surface area contributed by atoms with Crippen LogP contribution in [0.3, 0.4) is 0 Å². The molecule has 0 aliphatic heterocycles. The Hall–Kier alpha value is -0.940. The van der Waals surface area contributed by atoms with Crippen molar-refractivity contribution in [2.75, 3.05) is 0 Å². The molecule has 0 unspecified atom stereocenters. The molecule has 4 nitrogen and oxygen atoms in total. The summed E-state index contributed by atoms with van der Waals surface area (Å²) in [5.41, 5.74) is 0.691. The standard InChI is InChI=1S/C9H14N2O2S.2CH4/c1-7(2)11-14(12,13)9-6-4-5-8(3)10-9;;/h4-7,11H,1-3H3;2*1H4. The summed E-state index contributed by atoms with van der Waals surface area (Å²) < 4.78 is 25.7. The van der Waals surface area contributed by atoms with E-state index in [9.17, 15) is 8.42 Å². The predicted octanol–water partition coefficient (Wildman–Crippen LogP) is 2.35. The van der Waals surface area contributed by atoms with E-state index in [1.54, 1.807) is 32.9 Å². The Morgan fingerprint density at radius 1 is 1.25 bits per heavy atom. The first-order valence-corrected chi connectivity index (χ1v) is 5.86. The monoisotopic (exact) mass is 246 g/mol. The number of hydrogen-bond donors (Lipinski definition) is 1. The maximum Gasteiger partial charge on any atom is 0.258 e. The van der Waals surface area contributed by atoms with Crippen LogP contribution in [0, 0.1) is 6.92 Å². The average molecular weight is 246 g/mol. The van der Waals surface area contributed by atoms with Crippen molar-refractivity contribution >= 4 is 10.0 Å². The topological polar surface area (TPSA) is 59.1 Å². The minimum atomic E-state index is -3.44. The number of pyridine rings is 1. The molecule has 0 atom stereocenters. The number of hydrogen-bond acceptors (Lipinski definition) is 3. The summed E-state index contributed by atoms with van der Waals surface area (Å²) in [6.07, 6.45) is 0. The van der Waals surface area contributed by atoms with Crippen molar-refractivity contribution in [1.82, 2.24) is 9.71 Å². The number of rotatable bonds is 3. The summed E-state index contributed by atoms with van der Waals surface area (Å²) in [6, 6.07) is 4.80. The lowest BCUT2D eigenvalue weighted by atomic mass is 10.4. The van der Waals surface area contributed by atoms with Gasteiger partial charge in [-0.15, -0.1) is 0 Å². The Morgan fingerprint density at radius 3 is 2.25 bits per heavy atom. The maximum atomic E-state index is 11.6. The lowest BCUT2D eigenvalue weighted by molar-refractivity contribution is 0.565. The molecule has 94 valence electrons. The summed E-state index contributed by atoms with van der Waals surface area (Å²) in [7, 11) is -3.44. The van der Waals surface area contributed by atoms with Gasteiger partial charge in [-0.05, 0) is 32.9 Å². The smallest absolute Gasteiger partial charge is 0.240 e. The highest BCUT2D eigenvalue weighted by molar-refractivity contribution is 7.89. The van der Waals surface area contributed by atoms with Crippen LogP contribution in [0.15, 0.2) is 23.2 Å². The van der Waals surface area contributed by atoms with E-state index in [0.717, 1.165) is 0 Å². The van der Waals surface area contributed by atoms with Crippen LogP contribution in [-0.2, 0) is 10.0 Å². The summed E-state index contributed by atoms with van der Waals surface area (Å²) in [5, 5.41) is 0.0752. The number of sulfonamides is 1. The second-order valence-corrected chi connectivity index (χ2v) is 5.05. The lowest BCUT2D eigenvalue weighted by Crippen LogP contribution is -2.30. The van der Waals surface area contributed by atoms with Crippen LogP contribution in [0.25, 0.3) is 0 Å². The van der Waals surface area contributed by atoms with E-state index in [4.69, 9.17) is 0 Å². The minimum Gasteiger partial charge on any atom is -0.240 e. The van der Waals surface area contributed by atoms with Gasteiger partial charge >= 0.3 is 0 Å². The van der Waals surface area contributed by atoms with Gasteiger partial charge < -0.3 is 0 Å². The fourth-order valence-corrected chi connectivity index (χ4v) is 2.30. The molecule has 1 N–H and O–H groups in total. The lowest BCUT2D eigenvalue weighted by Gasteiger charge is -2.08. The molecule has 5 heteroatoms. The number of nitrogens with one attached hydrogen (secondary N) is 1. The molecule has 0 bridgehead atoms. The quantitative estimate of drug-likeness (QED) is 0.890. The first-order chi connectivity index (χ1) is 6.42. The number of aromatic nitrogens is 1. The van der Waals surface area contributed by atoms with E-state index in [0.29, 0.717) is 5.69 Å². The van der Waals surface area contributed by atoms with Crippen LogP contribution >= 0.6 is 0 Å². The fourth-order valence-electron chi connectivity index (χ4n) is 1.04. The highest BCUT2D eigenvalue weighted by Gasteiger charge is 2.16. The molecule has 0 fully saturated rings. The van der Waals surface area contributed by atoms with Gasteiger partial charge in [-0.2, -0.15) is 0 Å². The Kier molecular flexibility index (Phi) is 7.20. The SMILES string of the molecule is C.C.Cc1cccc(S(=O)(=O)NC(C)C)n1. The zero-order chi connectivity index (χ0) is 10.8. The molecular formula is C11H22N2O2S. The minimum absolute atomic E-state index is 0. The second-order valence-electron chi connectivity index (χ2n) is 3.39. The van der Waals surface area contributed by atoms with Gasteiger partial charge in [0.2, 0.25) is 0 Å². The Morgan fingerprint density at radius 2 is 1.81 bits per heavy atom. The summed E-state index contributed by atoms with van der Waals surface area (Å²) >= 11 is 0. The van der Waals surface area contributed by atoms with Crippen LogP contribution in [0.4, 0.5) is 0 Å². The fraction of sp³-hybridized carbons (Fsp3) is 0.545. The number of nitrogens with zero attached hydrogens (tertiary/aromatic N) is 1. The third-order valence-electron chi connectivity index (χ3n) is 1.53. The molecule has 0 amide bonds. The van der Waals surface area contributed by atoms with Crippen LogP contribution in [0.2, 0.25) is 0 Å². The van der Waals surface area contributed by atoms with Crippen molar-refractivity contribution in [3.8, 4) is 0 Å². The molecule has 1 aromatic heterocycles. The highest BCUT2D eigenvalue weighted by atomic mass is 32.2. The zero-order valence-corrected chi connectivity index (χ0v) is 9.30. The van der Waals surface area contributed by atoms with Gasteiger partial charge in [0.05, 0.1) is 0 Å². The zero-order valence-electron chi connectivity index (χ0n) is 8.48. The van der Waals surface area contributed by atoms with Gasteiger partial charge in [0.1, 0.15) is 0 Å². The largest absolute Gasteiger partial charge is 0.258 e. The van der Waals surface area contributed by atoms with E-state index >= 15 is 0 Å². The van der Waals surface area contributed by atoms with Crippen molar-refractivity contribution < 1.29 is 8.42 Å². The van der Waals surface area contributed by atoms with E-state index < -0.39 is 10.0 Å². The molecule has 16 heavy (non-hydrogen) atoms. The molecule has 0 radical (unpaired) electrons. The normalized spacial score (nSPS) is 10.5. The van der Waals surface area contributed by atoms with Crippen LogP contribution in [0.5, 0.6) is 0 Å². The van der Waals surface area contributed by atoms with E-state index in [-0.39, 0.29) is 25.9 Å².